The van der Waals surface area contributed by atoms with Crippen molar-refractivity contribution in [2.45, 2.75) is 24.3 Å². The largest absolute Gasteiger partial charge is 0.395 e. The van der Waals surface area contributed by atoms with E-state index in [1.165, 1.54) is 17.8 Å². The van der Waals surface area contributed by atoms with Crippen molar-refractivity contribution in [1.29, 1.82) is 0 Å². The van der Waals surface area contributed by atoms with E-state index in [-0.39, 0.29) is 24.3 Å². The van der Waals surface area contributed by atoms with Gasteiger partial charge < -0.3 is 10.2 Å². The fourth-order valence-corrected chi connectivity index (χ4v) is 2.05. The third kappa shape index (κ3) is 5.09. The number of hydrogen-bond donors (Lipinski definition) is 2. The molecular weight excluding hydrogens is 251 g/mol. The van der Waals surface area contributed by atoms with E-state index in [9.17, 15) is 4.39 Å². The van der Waals surface area contributed by atoms with Gasteiger partial charge in [-0.15, -0.1) is 0 Å². The minimum absolute atomic E-state index is 0.0171. The molecule has 0 heterocycles. The first-order valence-corrected chi connectivity index (χ1v) is 6.83. The molecule has 0 aliphatic carbocycles. The van der Waals surface area contributed by atoms with Crippen LogP contribution in [0.3, 0.4) is 0 Å². The first-order valence-electron chi connectivity index (χ1n) is 5.78. The van der Waals surface area contributed by atoms with Gasteiger partial charge in [0.2, 0.25) is 0 Å². The van der Waals surface area contributed by atoms with Gasteiger partial charge in [0, 0.05) is 23.0 Å². The second kappa shape index (κ2) is 8.15. The number of hydrogen-bond acceptors (Lipinski definition) is 3. The zero-order valence-electron chi connectivity index (χ0n) is 10.3. The summed E-state index contributed by atoms with van der Waals surface area (Å²) in [7, 11) is 0. The van der Waals surface area contributed by atoms with Crippen molar-refractivity contribution in [1.82, 2.24) is 0 Å². The van der Waals surface area contributed by atoms with Crippen molar-refractivity contribution in [3.05, 3.63) is 35.1 Å². The van der Waals surface area contributed by atoms with E-state index in [0.29, 0.717) is 23.3 Å². The summed E-state index contributed by atoms with van der Waals surface area (Å²) in [6.45, 7) is 2.01. The minimum Gasteiger partial charge on any atom is -0.395 e. The number of rotatable bonds is 5. The van der Waals surface area contributed by atoms with Crippen LogP contribution in [0.2, 0.25) is 0 Å². The Kier molecular flexibility index (Phi) is 6.81. The molecule has 0 saturated heterocycles. The van der Waals surface area contributed by atoms with Crippen LogP contribution in [0.4, 0.5) is 4.39 Å². The number of halogens is 1. The minimum atomic E-state index is -0.275. The van der Waals surface area contributed by atoms with Crippen LogP contribution in [0.5, 0.6) is 0 Å². The van der Waals surface area contributed by atoms with Crippen LogP contribution in [-0.2, 0) is 5.75 Å². The normalized spacial score (nSPS) is 11.8. The number of benzene rings is 1. The van der Waals surface area contributed by atoms with Gasteiger partial charge in [0.05, 0.1) is 13.2 Å². The predicted molar refractivity (Wildman–Crippen MR) is 72.8 cm³/mol. The molecule has 4 heteroatoms. The highest BCUT2D eigenvalue weighted by atomic mass is 32.2. The maximum absolute atomic E-state index is 13.7. The standard InChI is InChI=1S/C14H17FO2S/c1-11(9-17)18-10-13-6-5-12(8-14(13)15)4-2-3-7-16/h5-6,8,11,16-17H,3,7,9-10H2,1H3. The predicted octanol–water partition coefficient (Wildman–Crippen LogP) is 2.17. The summed E-state index contributed by atoms with van der Waals surface area (Å²) < 4.78 is 13.7. The van der Waals surface area contributed by atoms with E-state index >= 15 is 0 Å². The fourth-order valence-electron chi connectivity index (χ4n) is 1.25. The summed E-state index contributed by atoms with van der Waals surface area (Å²) >= 11 is 1.51. The van der Waals surface area contributed by atoms with E-state index < -0.39 is 0 Å². The van der Waals surface area contributed by atoms with Gasteiger partial charge in [-0.3, -0.25) is 0 Å². The lowest BCUT2D eigenvalue weighted by molar-refractivity contribution is 0.300. The van der Waals surface area contributed by atoms with Crippen LogP contribution < -0.4 is 0 Å². The Morgan fingerprint density at radius 3 is 2.78 bits per heavy atom. The highest BCUT2D eigenvalue weighted by molar-refractivity contribution is 7.99. The van der Waals surface area contributed by atoms with Crippen molar-refractivity contribution in [2.75, 3.05) is 13.2 Å². The highest BCUT2D eigenvalue weighted by Gasteiger charge is 2.06. The Balaban J connectivity index is 2.65. The molecule has 1 atom stereocenters. The van der Waals surface area contributed by atoms with Gasteiger partial charge in [0.25, 0.3) is 0 Å². The molecule has 0 amide bonds. The van der Waals surface area contributed by atoms with Gasteiger partial charge in [-0.25, -0.2) is 4.39 Å². The van der Waals surface area contributed by atoms with Gasteiger partial charge in [-0.2, -0.15) is 11.8 Å². The topological polar surface area (TPSA) is 40.5 Å². The molecule has 0 spiro atoms. The Labute approximate surface area is 111 Å². The molecule has 0 radical (unpaired) electrons. The van der Waals surface area contributed by atoms with E-state index in [1.54, 1.807) is 12.1 Å². The van der Waals surface area contributed by atoms with Crippen molar-refractivity contribution in [2.24, 2.45) is 0 Å². The highest BCUT2D eigenvalue weighted by Crippen LogP contribution is 2.20. The Morgan fingerprint density at radius 2 is 2.17 bits per heavy atom. The lowest BCUT2D eigenvalue weighted by Crippen LogP contribution is -2.03. The summed E-state index contributed by atoms with van der Waals surface area (Å²) in [6.07, 6.45) is 0.396. The number of thioether (sulfide) groups is 1. The maximum atomic E-state index is 13.7. The summed E-state index contributed by atoms with van der Waals surface area (Å²) in [5.74, 6) is 5.81. The third-order valence-corrected chi connectivity index (χ3v) is 3.50. The fraction of sp³-hybridized carbons (Fsp3) is 0.429. The molecule has 0 aliphatic heterocycles. The van der Waals surface area contributed by atoms with Crippen molar-refractivity contribution in [3.8, 4) is 11.8 Å². The Hall–Kier alpha value is -1.02. The van der Waals surface area contributed by atoms with Gasteiger partial charge in [0.1, 0.15) is 5.82 Å². The van der Waals surface area contributed by atoms with Gasteiger partial charge >= 0.3 is 0 Å². The first-order chi connectivity index (χ1) is 8.67. The monoisotopic (exact) mass is 268 g/mol. The first kappa shape index (κ1) is 15.0. The summed E-state index contributed by atoms with van der Waals surface area (Å²) in [5, 5.41) is 17.6. The third-order valence-electron chi connectivity index (χ3n) is 2.30. The molecule has 1 rings (SSSR count). The van der Waals surface area contributed by atoms with Gasteiger partial charge in [-0.05, 0) is 17.7 Å². The molecular formula is C14H17FO2S. The average Bonchev–Trinajstić information content (AvgIpc) is 2.37. The molecule has 1 aromatic rings. The van der Waals surface area contributed by atoms with Crippen LogP contribution in [0.1, 0.15) is 24.5 Å². The molecule has 0 fully saturated rings. The van der Waals surface area contributed by atoms with E-state index in [2.05, 4.69) is 11.8 Å². The van der Waals surface area contributed by atoms with Crippen molar-refractivity contribution < 1.29 is 14.6 Å². The van der Waals surface area contributed by atoms with Crippen LogP contribution in [0, 0.1) is 17.7 Å². The molecule has 0 aromatic heterocycles. The molecule has 2 nitrogen and oxygen atoms in total. The SMILES string of the molecule is CC(CO)SCc1ccc(C#CCCO)cc1F. The van der Waals surface area contributed by atoms with Gasteiger partial charge in [0.15, 0.2) is 0 Å². The molecule has 2 N–H and O–H groups in total. The summed E-state index contributed by atoms with van der Waals surface area (Å²) in [6, 6.07) is 4.90. The molecule has 0 saturated carbocycles. The van der Waals surface area contributed by atoms with Crippen molar-refractivity contribution >= 4 is 11.8 Å². The zero-order valence-corrected chi connectivity index (χ0v) is 11.1. The van der Waals surface area contributed by atoms with Crippen LogP contribution in [-0.4, -0.2) is 28.7 Å². The van der Waals surface area contributed by atoms with E-state index in [0.717, 1.165) is 0 Å². The maximum Gasteiger partial charge on any atom is 0.128 e. The lowest BCUT2D eigenvalue weighted by Gasteiger charge is -2.08. The molecule has 98 valence electrons. The number of aliphatic hydroxyl groups is 2. The van der Waals surface area contributed by atoms with E-state index in [4.69, 9.17) is 10.2 Å². The molecule has 0 bridgehead atoms. The van der Waals surface area contributed by atoms with Crippen molar-refractivity contribution in [3.63, 3.8) is 0 Å². The average molecular weight is 268 g/mol. The second-order valence-electron chi connectivity index (χ2n) is 3.89. The number of aliphatic hydroxyl groups excluding tert-OH is 2. The lowest BCUT2D eigenvalue weighted by atomic mass is 10.1. The van der Waals surface area contributed by atoms with Crippen LogP contribution in [0.25, 0.3) is 0 Å². The quantitative estimate of drug-likeness (QED) is 0.804. The van der Waals surface area contributed by atoms with E-state index in [1.807, 2.05) is 6.92 Å². The molecule has 1 unspecified atom stereocenters. The summed E-state index contributed by atoms with van der Waals surface area (Å²) in [5.41, 5.74) is 1.23. The Morgan fingerprint density at radius 1 is 1.39 bits per heavy atom. The zero-order chi connectivity index (χ0) is 13.4. The molecule has 1 aromatic carbocycles. The van der Waals surface area contributed by atoms with Gasteiger partial charge in [-0.1, -0.05) is 24.8 Å². The van der Waals surface area contributed by atoms with Crippen LogP contribution in [0.15, 0.2) is 18.2 Å². The molecule has 0 aliphatic rings. The second-order valence-corrected chi connectivity index (χ2v) is 5.31. The Bertz CT molecular complexity index is 437. The smallest absolute Gasteiger partial charge is 0.128 e. The van der Waals surface area contributed by atoms with Crippen LogP contribution >= 0.6 is 11.8 Å². The summed E-state index contributed by atoms with van der Waals surface area (Å²) in [4.78, 5) is 0. The molecule has 18 heavy (non-hydrogen) atoms.